The maximum atomic E-state index is 12.8. The van der Waals surface area contributed by atoms with Crippen LogP contribution in [0.25, 0.3) is 0 Å². The minimum absolute atomic E-state index is 0.331. The van der Waals surface area contributed by atoms with E-state index < -0.39 is 0 Å². The molecule has 0 aliphatic carbocycles. The number of nitrogens with one attached hydrogen (secondary N) is 1. The summed E-state index contributed by atoms with van der Waals surface area (Å²) in [7, 11) is 0. The molecule has 4 nitrogen and oxygen atoms in total. The number of carbonyl (C=O) groups excluding carboxylic acids is 1. The van der Waals surface area contributed by atoms with Gasteiger partial charge in [0, 0.05) is 10.6 Å². The lowest BCUT2D eigenvalue weighted by molar-refractivity contribution is 0.102. The van der Waals surface area contributed by atoms with Gasteiger partial charge in [-0.3, -0.25) is 4.79 Å². The second kappa shape index (κ2) is 10.0. The predicted molar refractivity (Wildman–Crippen MR) is 121 cm³/mol. The first-order valence-electron chi connectivity index (χ1n) is 8.87. The smallest absolute Gasteiger partial charge is 0.255 e. The average molecular weight is 495 g/mol. The monoisotopic (exact) mass is 493 g/mol. The summed E-state index contributed by atoms with van der Waals surface area (Å²) in [4.78, 5) is 12.8. The van der Waals surface area contributed by atoms with Crippen LogP contribution in [0, 0.1) is 0 Å². The van der Waals surface area contributed by atoms with Crippen molar-refractivity contribution in [2.75, 3.05) is 11.9 Å². The molecule has 150 valence electrons. The molecule has 0 radical (unpaired) electrons. The summed E-state index contributed by atoms with van der Waals surface area (Å²) in [6.07, 6.45) is 0. The molecule has 1 N–H and O–H groups in total. The molecule has 0 aliphatic heterocycles. The topological polar surface area (TPSA) is 47.6 Å². The van der Waals surface area contributed by atoms with Crippen LogP contribution >= 0.6 is 39.1 Å². The quantitative estimate of drug-likeness (QED) is 0.385. The number of hydrogen-bond acceptors (Lipinski definition) is 3. The van der Waals surface area contributed by atoms with Crippen molar-refractivity contribution in [1.82, 2.24) is 0 Å². The zero-order valence-electron chi connectivity index (χ0n) is 15.5. The molecule has 1 amide bonds. The molecule has 0 spiro atoms. The Kier molecular flexibility index (Phi) is 7.42. The van der Waals surface area contributed by atoms with Gasteiger partial charge in [0.05, 0.1) is 21.8 Å². The molecule has 0 atom stereocenters. The molecule has 0 fully saturated rings. The van der Waals surface area contributed by atoms with Crippen LogP contribution in [0.5, 0.6) is 11.5 Å². The summed E-state index contributed by atoms with van der Waals surface area (Å²) >= 11 is 15.5. The zero-order valence-corrected chi connectivity index (χ0v) is 18.6. The van der Waals surface area contributed by atoms with E-state index in [1.807, 2.05) is 37.3 Å². The van der Waals surface area contributed by atoms with Crippen molar-refractivity contribution in [2.45, 2.75) is 13.5 Å². The third-order valence-corrected chi connectivity index (χ3v) is 5.11. The Morgan fingerprint density at radius 3 is 2.48 bits per heavy atom. The Labute approximate surface area is 187 Å². The highest BCUT2D eigenvalue weighted by molar-refractivity contribution is 9.10. The van der Waals surface area contributed by atoms with Gasteiger partial charge in [-0.1, -0.05) is 53.5 Å². The molecule has 0 aliphatic rings. The SMILES string of the molecule is CCOc1c(Br)cc(C(=O)Nc2ccc(Cl)cc2Cl)cc1OCc1ccccc1. The highest BCUT2D eigenvalue weighted by atomic mass is 79.9. The third kappa shape index (κ3) is 5.66. The van der Waals surface area contributed by atoms with E-state index >= 15 is 0 Å². The Morgan fingerprint density at radius 2 is 1.79 bits per heavy atom. The van der Waals surface area contributed by atoms with Gasteiger partial charge in [-0.2, -0.15) is 0 Å². The highest BCUT2D eigenvalue weighted by Gasteiger charge is 2.17. The molecule has 0 bridgehead atoms. The van der Waals surface area contributed by atoms with E-state index in [4.69, 9.17) is 32.7 Å². The number of halogens is 3. The van der Waals surface area contributed by atoms with E-state index in [1.165, 1.54) is 0 Å². The van der Waals surface area contributed by atoms with Crippen LogP contribution < -0.4 is 14.8 Å². The average Bonchev–Trinajstić information content (AvgIpc) is 2.71. The molecule has 0 saturated carbocycles. The van der Waals surface area contributed by atoms with Gasteiger partial charge >= 0.3 is 0 Å². The van der Waals surface area contributed by atoms with Crippen LogP contribution in [0.1, 0.15) is 22.8 Å². The van der Waals surface area contributed by atoms with E-state index in [0.717, 1.165) is 5.56 Å². The molecule has 0 unspecified atom stereocenters. The van der Waals surface area contributed by atoms with Gasteiger partial charge in [0.25, 0.3) is 5.91 Å². The Bertz CT molecular complexity index is 1010. The fourth-order valence-electron chi connectivity index (χ4n) is 2.61. The number of rotatable bonds is 7. The maximum Gasteiger partial charge on any atom is 0.255 e. The lowest BCUT2D eigenvalue weighted by Crippen LogP contribution is -2.13. The highest BCUT2D eigenvalue weighted by Crippen LogP contribution is 2.38. The number of benzene rings is 3. The van der Waals surface area contributed by atoms with Crippen LogP contribution in [0.3, 0.4) is 0 Å². The van der Waals surface area contributed by atoms with Crippen molar-refractivity contribution in [3.8, 4) is 11.5 Å². The van der Waals surface area contributed by atoms with Crippen LogP contribution in [0.2, 0.25) is 10.0 Å². The van der Waals surface area contributed by atoms with Crippen LogP contribution in [-0.2, 0) is 6.61 Å². The molecule has 3 aromatic rings. The molecule has 0 heterocycles. The summed E-state index contributed by atoms with van der Waals surface area (Å²) in [6, 6.07) is 18.0. The largest absolute Gasteiger partial charge is 0.489 e. The van der Waals surface area contributed by atoms with E-state index in [9.17, 15) is 4.79 Å². The molecule has 3 rings (SSSR count). The van der Waals surface area contributed by atoms with Crippen LogP contribution in [-0.4, -0.2) is 12.5 Å². The fourth-order valence-corrected chi connectivity index (χ4v) is 3.62. The summed E-state index contributed by atoms with van der Waals surface area (Å²) < 4.78 is 12.3. The predicted octanol–water partition coefficient (Wildman–Crippen LogP) is 6.99. The summed E-state index contributed by atoms with van der Waals surface area (Å²) in [6.45, 7) is 2.70. The van der Waals surface area contributed by atoms with Crippen LogP contribution in [0.4, 0.5) is 5.69 Å². The molecule has 0 saturated heterocycles. The Morgan fingerprint density at radius 1 is 1.03 bits per heavy atom. The summed E-state index contributed by atoms with van der Waals surface area (Å²) in [5, 5.41) is 3.64. The molecule has 7 heteroatoms. The standard InChI is InChI=1S/C22H18BrCl2NO3/c1-2-28-21-17(23)10-15(11-20(21)29-13-14-6-4-3-5-7-14)22(27)26-19-9-8-16(24)12-18(19)25/h3-12H,2,13H2,1H3,(H,26,27). The number of anilines is 1. The van der Waals surface area contributed by atoms with Gasteiger partial charge in [-0.05, 0) is 58.7 Å². The lowest BCUT2D eigenvalue weighted by atomic mass is 10.1. The number of amides is 1. The van der Waals surface area contributed by atoms with Crippen molar-refractivity contribution >= 4 is 50.7 Å². The maximum absolute atomic E-state index is 12.8. The second-order valence-electron chi connectivity index (χ2n) is 6.07. The molecular formula is C22H18BrCl2NO3. The van der Waals surface area contributed by atoms with Crippen molar-refractivity contribution in [1.29, 1.82) is 0 Å². The van der Waals surface area contributed by atoms with Gasteiger partial charge in [-0.15, -0.1) is 0 Å². The molecular weight excluding hydrogens is 477 g/mol. The molecule has 0 aromatic heterocycles. The van der Waals surface area contributed by atoms with Gasteiger partial charge in [-0.25, -0.2) is 0 Å². The normalized spacial score (nSPS) is 10.5. The number of carbonyl (C=O) groups is 1. The summed E-state index contributed by atoms with van der Waals surface area (Å²) in [5.41, 5.74) is 1.88. The minimum atomic E-state index is -0.331. The summed E-state index contributed by atoms with van der Waals surface area (Å²) in [5.74, 6) is 0.685. The third-order valence-electron chi connectivity index (χ3n) is 3.98. The van der Waals surface area contributed by atoms with Gasteiger partial charge in [0.1, 0.15) is 6.61 Å². The van der Waals surface area contributed by atoms with Crippen molar-refractivity contribution < 1.29 is 14.3 Å². The second-order valence-corrected chi connectivity index (χ2v) is 7.77. The molecule has 3 aromatic carbocycles. The van der Waals surface area contributed by atoms with Crippen molar-refractivity contribution in [2.24, 2.45) is 0 Å². The van der Waals surface area contributed by atoms with Gasteiger partial charge < -0.3 is 14.8 Å². The van der Waals surface area contributed by atoms with Gasteiger partial charge in [0.15, 0.2) is 11.5 Å². The van der Waals surface area contributed by atoms with E-state index in [-0.39, 0.29) is 5.91 Å². The first-order chi connectivity index (χ1) is 14.0. The van der Waals surface area contributed by atoms with E-state index in [0.29, 0.717) is 50.5 Å². The van der Waals surface area contributed by atoms with Gasteiger partial charge in [0.2, 0.25) is 0 Å². The number of hydrogen-bond donors (Lipinski definition) is 1. The van der Waals surface area contributed by atoms with E-state index in [1.54, 1.807) is 30.3 Å². The number of ether oxygens (including phenoxy) is 2. The minimum Gasteiger partial charge on any atom is -0.489 e. The first-order valence-corrected chi connectivity index (χ1v) is 10.4. The van der Waals surface area contributed by atoms with E-state index in [2.05, 4.69) is 21.2 Å². The van der Waals surface area contributed by atoms with Crippen molar-refractivity contribution in [3.63, 3.8) is 0 Å². The fraction of sp³-hybridized carbons (Fsp3) is 0.136. The zero-order chi connectivity index (χ0) is 20.8. The van der Waals surface area contributed by atoms with Crippen LogP contribution in [0.15, 0.2) is 65.1 Å². The first kappa shape index (κ1) is 21.5. The Hall–Kier alpha value is -2.21. The Balaban J connectivity index is 1.86. The lowest BCUT2D eigenvalue weighted by Gasteiger charge is -2.16. The van der Waals surface area contributed by atoms with Crippen molar-refractivity contribution in [3.05, 3.63) is 86.3 Å². The molecule has 29 heavy (non-hydrogen) atoms.